The largest absolute Gasteiger partial charge is 0.378 e. The van der Waals surface area contributed by atoms with E-state index in [1.807, 2.05) is 4.90 Å². The van der Waals surface area contributed by atoms with Gasteiger partial charge in [0.1, 0.15) is 5.69 Å². The predicted molar refractivity (Wildman–Crippen MR) is 109 cm³/mol. The van der Waals surface area contributed by atoms with Crippen molar-refractivity contribution in [3.05, 3.63) is 63.7 Å². The van der Waals surface area contributed by atoms with Crippen molar-refractivity contribution in [1.82, 2.24) is 4.90 Å². The van der Waals surface area contributed by atoms with Crippen LogP contribution in [0.2, 0.25) is 0 Å². The summed E-state index contributed by atoms with van der Waals surface area (Å²) < 4.78 is 5.29. The van der Waals surface area contributed by atoms with Crippen molar-refractivity contribution in [3.8, 4) is 0 Å². The van der Waals surface area contributed by atoms with Gasteiger partial charge in [0.05, 0.1) is 18.1 Å². The molecule has 2 aromatic rings. The summed E-state index contributed by atoms with van der Waals surface area (Å²) in [6, 6.07) is 10.9. The molecule has 1 fully saturated rings. The van der Waals surface area contributed by atoms with Gasteiger partial charge in [0.25, 0.3) is 17.5 Å². The van der Waals surface area contributed by atoms with Crippen LogP contribution in [0.5, 0.6) is 0 Å². The normalized spacial score (nSPS) is 13.7. The van der Waals surface area contributed by atoms with Gasteiger partial charge in [-0.2, -0.15) is 0 Å². The quantitative estimate of drug-likeness (QED) is 0.612. The maximum absolute atomic E-state index is 12.6. The SMILES string of the molecule is CN(C)C(=O)c1ccc(NC(=O)c2ccc(N3CCOCC3)c([N+](=O)[O-])c2)cc1. The Morgan fingerprint density at radius 1 is 1.07 bits per heavy atom. The van der Waals surface area contributed by atoms with Gasteiger partial charge >= 0.3 is 0 Å². The van der Waals surface area contributed by atoms with E-state index in [0.717, 1.165) is 0 Å². The highest BCUT2D eigenvalue weighted by Gasteiger charge is 2.23. The lowest BCUT2D eigenvalue weighted by molar-refractivity contribution is -0.384. The third-order valence-corrected chi connectivity index (χ3v) is 4.58. The van der Waals surface area contributed by atoms with E-state index in [0.29, 0.717) is 43.2 Å². The summed E-state index contributed by atoms with van der Waals surface area (Å²) in [6.45, 7) is 2.13. The van der Waals surface area contributed by atoms with E-state index in [4.69, 9.17) is 4.74 Å². The summed E-state index contributed by atoms with van der Waals surface area (Å²) in [7, 11) is 3.32. The molecule has 0 spiro atoms. The minimum Gasteiger partial charge on any atom is -0.378 e. The summed E-state index contributed by atoms with van der Waals surface area (Å²) in [5.41, 5.74) is 1.53. The molecular weight excluding hydrogens is 376 g/mol. The molecule has 0 unspecified atom stereocenters. The van der Waals surface area contributed by atoms with Crippen molar-refractivity contribution in [2.24, 2.45) is 0 Å². The first-order chi connectivity index (χ1) is 13.9. The molecule has 1 aliphatic rings. The number of nitrogens with one attached hydrogen (secondary N) is 1. The number of carbonyl (C=O) groups excluding carboxylic acids is 2. The zero-order valence-corrected chi connectivity index (χ0v) is 16.3. The number of hydrogen-bond donors (Lipinski definition) is 1. The number of nitro groups is 1. The molecule has 0 aromatic heterocycles. The molecule has 0 bridgehead atoms. The van der Waals surface area contributed by atoms with E-state index in [9.17, 15) is 19.7 Å². The molecule has 2 aromatic carbocycles. The highest BCUT2D eigenvalue weighted by molar-refractivity contribution is 6.05. The highest BCUT2D eigenvalue weighted by Crippen LogP contribution is 2.30. The molecular formula is C20H22N4O5. The second-order valence-electron chi connectivity index (χ2n) is 6.79. The van der Waals surface area contributed by atoms with Gasteiger partial charge in [-0.3, -0.25) is 19.7 Å². The molecule has 3 rings (SSSR count). The van der Waals surface area contributed by atoms with E-state index < -0.39 is 10.8 Å². The Hall–Kier alpha value is -3.46. The van der Waals surface area contributed by atoms with Crippen LogP contribution in [0.15, 0.2) is 42.5 Å². The minimum absolute atomic E-state index is 0.119. The summed E-state index contributed by atoms with van der Waals surface area (Å²) >= 11 is 0. The fourth-order valence-electron chi connectivity index (χ4n) is 3.04. The molecule has 29 heavy (non-hydrogen) atoms. The van der Waals surface area contributed by atoms with Crippen molar-refractivity contribution < 1.29 is 19.2 Å². The predicted octanol–water partition coefficient (Wildman–Crippen LogP) is 2.39. The first kappa shape index (κ1) is 20.3. The molecule has 1 aliphatic heterocycles. The monoisotopic (exact) mass is 398 g/mol. The Labute approximate surface area is 168 Å². The third kappa shape index (κ3) is 4.69. The maximum atomic E-state index is 12.6. The molecule has 152 valence electrons. The van der Waals surface area contributed by atoms with Crippen LogP contribution >= 0.6 is 0 Å². The summed E-state index contributed by atoms with van der Waals surface area (Å²) in [4.78, 5) is 38.9. The van der Waals surface area contributed by atoms with Gasteiger partial charge in [-0.05, 0) is 36.4 Å². The molecule has 0 aliphatic carbocycles. The second-order valence-corrected chi connectivity index (χ2v) is 6.79. The number of anilines is 2. The fraction of sp³-hybridized carbons (Fsp3) is 0.300. The standard InChI is InChI=1S/C20H22N4O5/c1-22(2)20(26)14-3-6-16(7-4-14)21-19(25)15-5-8-17(18(13-15)24(27)28)23-9-11-29-12-10-23/h3-8,13H,9-12H2,1-2H3,(H,21,25). The van der Waals surface area contributed by atoms with Crippen LogP contribution in [-0.2, 0) is 4.74 Å². The highest BCUT2D eigenvalue weighted by atomic mass is 16.6. The second kappa shape index (κ2) is 8.70. The van der Waals surface area contributed by atoms with E-state index in [-0.39, 0.29) is 17.2 Å². The van der Waals surface area contributed by atoms with E-state index in [2.05, 4.69) is 5.32 Å². The van der Waals surface area contributed by atoms with Gasteiger partial charge in [-0.1, -0.05) is 0 Å². The number of hydrogen-bond acceptors (Lipinski definition) is 6. The first-order valence-corrected chi connectivity index (χ1v) is 9.11. The molecule has 1 N–H and O–H groups in total. The number of nitrogens with zero attached hydrogens (tertiary/aromatic N) is 3. The van der Waals surface area contributed by atoms with Crippen molar-refractivity contribution in [2.45, 2.75) is 0 Å². The molecule has 0 atom stereocenters. The zero-order chi connectivity index (χ0) is 21.0. The van der Waals surface area contributed by atoms with Gasteiger partial charge in [0.2, 0.25) is 0 Å². The lowest BCUT2D eigenvalue weighted by Crippen LogP contribution is -2.36. The van der Waals surface area contributed by atoms with Gasteiger partial charge < -0.3 is 19.9 Å². The van der Waals surface area contributed by atoms with Crippen molar-refractivity contribution in [2.75, 3.05) is 50.6 Å². The number of nitro benzene ring substituents is 1. The maximum Gasteiger partial charge on any atom is 0.293 e. The van der Waals surface area contributed by atoms with Crippen molar-refractivity contribution in [3.63, 3.8) is 0 Å². The molecule has 9 nitrogen and oxygen atoms in total. The van der Waals surface area contributed by atoms with Crippen LogP contribution < -0.4 is 10.2 Å². The first-order valence-electron chi connectivity index (χ1n) is 9.11. The number of amides is 2. The number of morpholine rings is 1. The van der Waals surface area contributed by atoms with Crippen molar-refractivity contribution >= 4 is 28.9 Å². The lowest BCUT2D eigenvalue weighted by Gasteiger charge is -2.28. The summed E-state index contributed by atoms with van der Waals surface area (Å²) in [5.74, 6) is -0.606. The molecule has 9 heteroatoms. The Kier molecular flexibility index (Phi) is 6.08. The van der Waals surface area contributed by atoms with Gasteiger partial charge in [0, 0.05) is 50.1 Å². The average molecular weight is 398 g/mol. The molecule has 0 saturated carbocycles. The molecule has 0 radical (unpaired) electrons. The van der Waals surface area contributed by atoms with E-state index in [1.165, 1.54) is 11.0 Å². The minimum atomic E-state index is -0.483. The van der Waals surface area contributed by atoms with Crippen LogP contribution in [0.1, 0.15) is 20.7 Å². The van der Waals surface area contributed by atoms with Gasteiger partial charge in [-0.15, -0.1) is 0 Å². The van der Waals surface area contributed by atoms with Crippen molar-refractivity contribution in [1.29, 1.82) is 0 Å². The average Bonchev–Trinajstić information content (AvgIpc) is 2.73. The summed E-state index contributed by atoms with van der Waals surface area (Å²) in [6.07, 6.45) is 0. The topological polar surface area (TPSA) is 105 Å². The Bertz CT molecular complexity index is 921. The lowest BCUT2D eigenvalue weighted by atomic mass is 10.1. The molecule has 1 saturated heterocycles. The van der Waals surface area contributed by atoms with Crippen LogP contribution in [0.4, 0.5) is 17.1 Å². The Morgan fingerprint density at radius 2 is 1.69 bits per heavy atom. The number of ether oxygens (including phenoxy) is 1. The van der Waals surface area contributed by atoms with E-state index in [1.54, 1.807) is 50.5 Å². The third-order valence-electron chi connectivity index (χ3n) is 4.58. The number of rotatable bonds is 5. The molecule has 1 heterocycles. The Balaban J connectivity index is 1.77. The summed E-state index contributed by atoms with van der Waals surface area (Å²) in [5, 5.41) is 14.2. The number of benzene rings is 2. The van der Waals surface area contributed by atoms with Crippen LogP contribution in [0.25, 0.3) is 0 Å². The van der Waals surface area contributed by atoms with Crippen LogP contribution in [0.3, 0.4) is 0 Å². The fourth-order valence-corrected chi connectivity index (χ4v) is 3.04. The van der Waals surface area contributed by atoms with Crippen LogP contribution in [-0.4, -0.2) is 62.0 Å². The molecule has 2 amide bonds. The van der Waals surface area contributed by atoms with Crippen LogP contribution in [0, 0.1) is 10.1 Å². The Morgan fingerprint density at radius 3 is 2.28 bits per heavy atom. The van der Waals surface area contributed by atoms with Gasteiger partial charge in [0.15, 0.2) is 0 Å². The number of carbonyl (C=O) groups is 2. The van der Waals surface area contributed by atoms with E-state index >= 15 is 0 Å². The smallest absolute Gasteiger partial charge is 0.293 e. The van der Waals surface area contributed by atoms with Gasteiger partial charge in [-0.25, -0.2) is 0 Å². The zero-order valence-electron chi connectivity index (χ0n) is 16.3.